The second-order valence-corrected chi connectivity index (χ2v) is 12.2. The van der Waals surface area contributed by atoms with E-state index in [-0.39, 0.29) is 11.9 Å². The van der Waals surface area contributed by atoms with Crippen molar-refractivity contribution in [2.75, 3.05) is 0 Å². The van der Waals surface area contributed by atoms with Crippen LogP contribution in [0.25, 0.3) is 0 Å². The summed E-state index contributed by atoms with van der Waals surface area (Å²) in [6.45, 7) is 0. The molecule has 162 valence electrons. The summed E-state index contributed by atoms with van der Waals surface area (Å²) < 4.78 is 0. The number of hydrogen-bond donors (Lipinski definition) is 2. The lowest BCUT2D eigenvalue weighted by atomic mass is 9.76. The average Bonchev–Trinajstić information content (AvgIpc) is 2.88. The number of benzene rings is 4. The topological polar surface area (TPSA) is 64.2 Å². The summed E-state index contributed by atoms with van der Waals surface area (Å²) in [5.41, 5.74) is 0.797. The third kappa shape index (κ3) is 4.55. The van der Waals surface area contributed by atoms with Gasteiger partial charge in [-0.1, -0.05) is 121 Å². The second kappa shape index (κ2) is 10.5. The molecule has 2 atom stereocenters. The lowest BCUT2D eigenvalue weighted by molar-refractivity contribution is 0.394. The van der Waals surface area contributed by atoms with E-state index in [9.17, 15) is 15.3 Å². The van der Waals surface area contributed by atoms with Crippen LogP contribution in [-0.4, -0.2) is 25.2 Å². The number of rotatable bonds is 8. The largest absolute Gasteiger partial charge is 0.452 e. The molecule has 0 amide bonds. The van der Waals surface area contributed by atoms with Gasteiger partial charge in [-0.15, -0.1) is 0 Å². The monoisotopic (exact) mass is 447 g/mol. The quantitative estimate of drug-likeness (QED) is 0.322. The van der Waals surface area contributed by atoms with Gasteiger partial charge in [0.25, 0.3) is 0 Å². The zero-order valence-corrected chi connectivity index (χ0v) is 19.3. The van der Waals surface area contributed by atoms with Crippen LogP contribution in [0.2, 0.25) is 6.32 Å². The molecule has 0 aliphatic heterocycles. The van der Waals surface area contributed by atoms with Crippen molar-refractivity contribution in [3.63, 3.8) is 0 Å². The van der Waals surface area contributed by atoms with Gasteiger partial charge in [0.15, 0.2) is 8.07 Å². The van der Waals surface area contributed by atoms with Crippen LogP contribution in [-0.2, 0) is 0 Å². The normalized spacial score (nSPS) is 13.0. The molecule has 0 bridgehead atoms. The molecular weight excluding hydrogens is 421 g/mol. The molecule has 3 nitrogen and oxygen atoms in total. The van der Waals surface area contributed by atoms with Crippen molar-refractivity contribution in [3.05, 3.63) is 127 Å². The van der Waals surface area contributed by atoms with E-state index >= 15 is 0 Å². The summed E-state index contributed by atoms with van der Waals surface area (Å²) >= 11 is 0. The van der Waals surface area contributed by atoms with Crippen LogP contribution in [0.15, 0.2) is 121 Å². The van der Waals surface area contributed by atoms with Crippen LogP contribution < -0.4 is 15.6 Å². The number of nitriles is 1. The predicted molar refractivity (Wildman–Crippen MR) is 137 cm³/mol. The third-order valence-corrected chi connectivity index (χ3v) is 11.7. The Morgan fingerprint density at radius 1 is 0.636 bits per heavy atom. The van der Waals surface area contributed by atoms with E-state index in [2.05, 4.69) is 54.6 Å². The van der Waals surface area contributed by atoms with Crippen LogP contribution in [0.5, 0.6) is 0 Å². The molecular formula is C28H26BNO2Si. The zero-order valence-electron chi connectivity index (χ0n) is 18.3. The highest BCUT2D eigenvalue weighted by Crippen LogP contribution is 2.36. The van der Waals surface area contributed by atoms with Gasteiger partial charge >= 0.3 is 7.12 Å². The summed E-state index contributed by atoms with van der Waals surface area (Å²) in [4.78, 5) is 0. The standard InChI is InChI=1S/C28H26BNO2Si/c30-22-24(21-29(31)32)28(23-13-5-1-6-14-23)33(25-15-7-2-8-16-25,26-17-9-3-10-18-26)27-19-11-4-12-20-27/h1-20,24,28,31-32H,21H2. The Morgan fingerprint density at radius 2 is 1.00 bits per heavy atom. The molecule has 0 aliphatic rings. The number of hydrogen-bond acceptors (Lipinski definition) is 3. The van der Waals surface area contributed by atoms with E-state index in [4.69, 9.17) is 0 Å². The van der Waals surface area contributed by atoms with E-state index in [1.54, 1.807) is 0 Å². The molecule has 0 aliphatic carbocycles. The van der Waals surface area contributed by atoms with Gasteiger partial charge < -0.3 is 10.0 Å². The summed E-state index contributed by atoms with van der Waals surface area (Å²) in [6.07, 6.45) is -0.0166. The fourth-order valence-corrected chi connectivity index (χ4v) is 10.8. The molecule has 4 aromatic carbocycles. The smallest absolute Gasteiger partial charge is 0.427 e. The fourth-order valence-electron chi connectivity index (χ4n) is 5.08. The first-order valence-electron chi connectivity index (χ1n) is 11.1. The van der Waals surface area contributed by atoms with Gasteiger partial charge in [0.1, 0.15) is 0 Å². The Hall–Kier alpha value is -3.43. The molecule has 0 heterocycles. The van der Waals surface area contributed by atoms with Crippen molar-refractivity contribution in [2.45, 2.75) is 11.9 Å². The minimum absolute atomic E-state index is 0.0166. The lowest BCUT2D eigenvalue weighted by Crippen LogP contribution is -2.72. The van der Waals surface area contributed by atoms with Crippen LogP contribution in [0.3, 0.4) is 0 Å². The van der Waals surface area contributed by atoms with Crippen molar-refractivity contribution in [3.8, 4) is 6.07 Å². The Labute approximate surface area is 196 Å². The molecule has 2 unspecified atom stereocenters. The summed E-state index contributed by atoms with van der Waals surface area (Å²) in [5.74, 6) is -0.598. The lowest BCUT2D eigenvalue weighted by Gasteiger charge is -2.43. The number of nitrogens with zero attached hydrogens (tertiary/aromatic N) is 1. The van der Waals surface area contributed by atoms with Gasteiger partial charge in [-0.2, -0.15) is 5.26 Å². The summed E-state index contributed by atoms with van der Waals surface area (Å²) in [5, 5.41) is 33.8. The van der Waals surface area contributed by atoms with Gasteiger partial charge in [-0.05, 0) is 27.4 Å². The first-order chi connectivity index (χ1) is 16.2. The van der Waals surface area contributed by atoms with E-state index in [1.807, 2.05) is 72.8 Å². The van der Waals surface area contributed by atoms with E-state index in [0.717, 1.165) is 5.56 Å². The van der Waals surface area contributed by atoms with Crippen LogP contribution in [0.1, 0.15) is 11.1 Å². The minimum atomic E-state index is -2.89. The van der Waals surface area contributed by atoms with Gasteiger partial charge in [0.05, 0.1) is 12.0 Å². The predicted octanol–water partition coefficient (Wildman–Crippen LogP) is 3.09. The first-order valence-corrected chi connectivity index (χ1v) is 13.2. The van der Waals surface area contributed by atoms with Crippen molar-refractivity contribution in [2.24, 2.45) is 5.92 Å². The third-order valence-electron chi connectivity index (χ3n) is 6.35. The maximum absolute atomic E-state index is 10.4. The molecule has 5 heteroatoms. The Morgan fingerprint density at radius 3 is 1.33 bits per heavy atom. The van der Waals surface area contributed by atoms with Gasteiger partial charge in [-0.3, -0.25) is 0 Å². The fraction of sp³-hybridized carbons (Fsp3) is 0.107. The van der Waals surface area contributed by atoms with E-state index < -0.39 is 21.1 Å². The van der Waals surface area contributed by atoms with Crippen molar-refractivity contribution < 1.29 is 10.0 Å². The molecule has 0 saturated heterocycles. The Balaban J connectivity index is 2.14. The van der Waals surface area contributed by atoms with E-state index in [1.165, 1.54) is 15.6 Å². The first kappa shape index (κ1) is 22.8. The van der Waals surface area contributed by atoms with Gasteiger partial charge in [-0.25, -0.2) is 0 Å². The van der Waals surface area contributed by atoms with Crippen LogP contribution in [0.4, 0.5) is 0 Å². The Bertz CT molecular complexity index is 1090. The van der Waals surface area contributed by atoms with Crippen molar-refractivity contribution in [1.82, 2.24) is 0 Å². The van der Waals surface area contributed by atoms with Gasteiger partial charge in [0.2, 0.25) is 0 Å². The zero-order chi connectivity index (χ0) is 23.1. The molecule has 0 fully saturated rings. The van der Waals surface area contributed by atoms with Crippen molar-refractivity contribution >= 4 is 30.8 Å². The maximum Gasteiger partial charge on any atom is 0.452 e. The minimum Gasteiger partial charge on any atom is -0.427 e. The summed E-state index contributed by atoms with van der Waals surface area (Å²) in [7, 11) is -4.45. The average molecular weight is 447 g/mol. The molecule has 0 aromatic heterocycles. The molecule has 0 saturated carbocycles. The molecule has 4 aromatic rings. The van der Waals surface area contributed by atoms with Crippen LogP contribution >= 0.6 is 0 Å². The highest BCUT2D eigenvalue weighted by Gasteiger charge is 2.50. The maximum atomic E-state index is 10.4. The molecule has 0 radical (unpaired) electrons. The van der Waals surface area contributed by atoms with Gasteiger partial charge in [0, 0.05) is 5.54 Å². The van der Waals surface area contributed by atoms with E-state index in [0.29, 0.717) is 0 Å². The highest BCUT2D eigenvalue weighted by atomic mass is 28.3. The van der Waals surface area contributed by atoms with Crippen molar-refractivity contribution in [1.29, 1.82) is 5.26 Å². The summed E-state index contributed by atoms with van der Waals surface area (Å²) in [6, 6.07) is 43.8. The second-order valence-electron chi connectivity index (χ2n) is 8.25. The molecule has 2 N–H and O–H groups in total. The SMILES string of the molecule is N#CC(CB(O)O)C(c1ccccc1)[Si](c1ccccc1)(c1ccccc1)c1ccccc1. The van der Waals surface area contributed by atoms with Crippen LogP contribution in [0, 0.1) is 17.2 Å². The molecule has 33 heavy (non-hydrogen) atoms. The Kier molecular flexibility index (Phi) is 7.21. The highest BCUT2D eigenvalue weighted by molar-refractivity contribution is 7.12. The molecule has 0 spiro atoms. The molecule has 4 rings (SSSR count).